The molecular formula is C20H23NO3. The molecule has 126 valence electrons. The number of benzene rings is 2. The largest absolute Gasteiger partial charge is 0.497 e. The van der Waals surface area contributed by atoms with Gasteiger partial charge in [-0.2, -0.15) is 0 Å². The number of anilines is 1. The molecule has 1 N–H and O–H groups in total. The Hall–Kier alpha value is -2.75. The molecule has 0 aliphatic carbocycles. The number of ketones is 1. The van der Waals surface area contributed by atoms with E-state index in [4.69, 9.17) is 9.47 Å². The predicted octanol–water partition coefficient (Wildman–Crippen LogP) is 4.68. The van der Waals surface area contributed by atoms with Gasteiger partial charge in [0.1, 0.15) is 11.5 Å². The summed E-state index contributed by atoms with van der Waals surface area (Å²) in [5, 5.41) is 3.15. The van der Waals surface area contributed by atoms with Gasteiger partial charge in [-0.15, -0.1) is 0 Å². The van der Waals surface area contributed by atoms with Crippen molar-refractivity contribution < 1.29 is 14.3 Å². The van der Waals surface area contributed by atoms with E-state index in [1.807, 2.05) is 24.3 Å². The lowest BCUT2D eigenvalue weighted by molar-refractivity contribution is 0.0993. The van der Waals surface area contributed by atoms with Gasteiger partial charge in [0.25, 0.3) is 0 Å². The molecule has 0 aliphatic heterocycles. The van der Waals surface area contributed by atoms with Crippen molar-refractivity contribution in [3.63, 3.8) is 0 Å². The number of hydrogen-bond donors (Lipinski definition) is 1. The van der Waals surface area contributed by atoms with Crippen LogP contribution in [0.15, 0.2) is 60.8 Å². The summed E-state index contributed by atoms with van der Waals surface area (Å²) < 4.78 is 10.6. The van der Waals surface area contributed by atoms with Crippen molar-refractivity contribution >= 4 is 11.5 Å². The first-order valence-electron chi connectivity index (χ1n) is 7.97. The fourth-order valence-electron chi connectivity index (χ4n) is 2.18. The first-order chi connectivity index (χ1) is 11.6. The molecular weight excluding hydrogens is 302 g/mol. The maximum Gasteiger partial charge on any atom is 0.168 e. The van der Waals surface area contributed by atoms with Gasteiger partial charge in [-0.1, -0.05) is 13.5 Å². The number of carbonyl (C=O) groups is 1. The van der Waals surface area contributed by atoms with E-state index in [1.165, 1.54) is 0 Å². The predicted molar refractivity (Wildman–Crippen MR) is 96.9 cm³/mol. The fourth-order valence-corrected chi connectivity index (χ4v) is 2.18. The molecule has 2 rings (SSSR count). The Balaban J connectivity index is 1.88. The molecule has 4 heteroatoms. The third kappa shape index (κ3) is 5.16. The number of ether oxygens (including phenoxy) is 2. The van der Waals surface area contributed by atoms with Crippen LogP contribution >= 0.6 is 0 Å². The third-order valence-electron chi connectivity index (χ3n) is 3.43. The third-order valence-corrected chi connectivity index (χ3v) is 3.43. The summed E-state index contributed by atoms with van der Waals surface area (Å²) in [6.07, 6.45) is 1.21. The minimum Gasteiger partial charge on any atom is -0.497 e. The Morgan fingerprint density at radius 2 is 1.67 bits per heavy atom. The van der Waals surface area contributed by atoms with E-state index in [0.29, 0.717) is 17.9 Å². The van der Waals surface area contributed by atoms with Gasteiger partial charge in [-0.05, 0) is 55.0 Å². The molecule has 0 fully saturated rings. The molecule has 0 amide bonds. The van der Waals surface area contributed by atoms with Crippen molar-refractivity contribution in [2.75, 3.05) is 19.0 Å². The quantitative estimate of drug-likeness (QED) is 0.680. The highest BCUT2D eigenvalue weighted by molar-refractivity contribution is 5.97. The second kappa shape index (κ2) is 8.77. The smallest absolute Gasteiger partial charge is 0.168 e. The minimum absolute atomic E-state index is 0.0121. The van der Waals surface area contributed by atoms with Crippen molar-refractivity contribution in [2.45, 2.75) is 19.8 Å². The van der Waals surface area contributed by atoms with Crippen molar-refractivity contribution in [1.82, 2.24) is 0 Å². The molecule has 0 radical (unpaired) electrons. The second-order valence-corrected chi connectivity index (χ2v) is 5.43. The molecule has 0 saturated heterocycles. The van der Waals surface area contributed by atoms with Crippen LogP contribution in [0.2, 0.25) is 0 Å². The molecule has 0 unspecified atom stereocenters. The normalized spacial score (nSPS) is 10.1. The molecule has 0 heterocycles. The van der Waals surface area contributed by atoms with Crippen molar-refractivity contribution in [2.24, 2.45) is 0 Å². The number of rotatable bonds is 9. The van der Waals surface area contributed by atoms with Crippen molar-refractivity contribution in [3.8, 4) is 11.5 Å². The summed E-state index contributed by atoms with van der Waals surface area (Å²) in [7, 11) is 1.60. The van der Waals surface area contributed by atoms with E-state index in [9.17, 15) is 4.79 Å². The minimum atomic E-state index is 0.0121. The molecule has 0 aliphatic rings. The molecule has 0 saturated carbocycles. The molecule has 0 atom stereocenters. The Labute approximate surface area is 143 Å². The van der Waals surface area contributed by atoms with E-state index in [1.54, 1.807) is 31.4 Å². The monoisotopic (exact) mass is 325 g/mol. The van der Waals surface area contributed by atoms with Gasteiger partial charge < -0.3 is 14.8 Å². The molecule has 0 bridgehead atoms. The number of methoxy groups -OCH3 is 1. The van der Waals surface area contributed by atoms with Crippen LogP contribution < -0.4 is 14.8 Å². The van der Waals surface area contributed by atoms with Gasteiger partial charge in [0.05, 0.1) is 20.1 Å². The average Bonchev–Trinajstić information content (AvgIpc) is 2.61. The zero-order valence-electron chi connectivity index (χ0n) is 14.2. The van der Waals surface area contributed by atoms with Gasteiger partial charge >= 0.3 is 0 Å². The van der Waals surface area contributed by atoms with Gasteiger partial charge in [0.15, 0.2) is 5.78 Å². The maximum absolute atomic E-state index is 12.3. The van der Waals surface area contributed by atoms with Crippen LogP contribution in [0.4, 0.5) is 5.69 Å². The number of carbonyl (C=O) groups excluding carboxylic acids is 1. The number of allylic oxidation sites excluding steroid dienone is 1. The van der Waals surface area contributed by atoms with Crippen LogP contribution in [0.5, 0.6) is 11.5 Å². The lowest BCUT2D eigenvalue weighted by Gasteiger charge is -2.10. The summed E-state index contributed by atoms with van der Waals surface area (Å²) in [6.45, 7) is 6.71. The number of nitrogens with one attached hydrogen (secondary N) is 1. The number of Topliss-reactive ketones (excluding diaryl/α,β-unsaturated/α-hetero) is 1. The number of hydrogen-bond acceptors (Lipinski definition) is 4. The van der Waals surface area contributed by atoms with E-state index in [0.717, 1.165) is 23.6 Å². The summed E-state index contributed by atoms with van der Waals surface area (Å²) in [4.78, 5) is 12.3. The van der Waals surface area contributed by atoms with Gasteiger partial charge in [0.2, 0.25) is 0 Å². The average molecular weight is 325 g/mol. The van der Waals surface area contributed by atoms with E-state index in [2.05, 4.69) is 18.8 Å². The van der Waals surface area contributed by atoms with E-state index < -0.39 is 0 Å². The maximum atomic E-state index is 12.3. The van der Waals surface area contributed by atoms with Crippen LogP contribution in [0.1, 0.15) is 30.1 Å². The Morgan fingerprint density at radius 3 is 2.25 bits per heavy atom. The molecule has 2 aromatic rings. The van der Waals surface area contributed by atoms with Crippen LogP contribution in [0, 0.1) is 0 Å². The highest BCUT2D eigenvalue weighted by Gasteiger charge is 2.08. The summed E-state index contributed by atoms with van der Waals surface area (Å²) in [6, 6.07) is 14.7. The first kappa shape index (κ1) is 17.6. The van der Waals surface area contributed by atoms with Crippen LogP contribution in [-0.4, -0.2) is 19.5 Å². The van der Waals surface area contributed by atoms with E-state index >= 15 is 0 Å². The summed E-state index contributed by atoms with van der Waals surface area (Å²) in [5.41, 5.74) is 2.17. The van der Waals surface area contributed by atoms with E-state index in [-0.39, 0.29) is 12.2 Å². The topological polar surface area (TPSA) is 47.6 Å². The van der Waals surface area contributed by atoms with Crippen molar-refractivity contribution in [3.05, 3.63) is 66.4 Å². The van der Waals surface area contributed by atoms with Gasteiger partial charge in [0, 0.05) is 16.9 Å². The van der Waals surface area contributed by atoms with Crippen LogP contribution in [0.25, 0.3) is 0 Å². The zero-order chi connectivity index (χ0) is 17.4. The molecule has 4 nitrogen and oxygen atoms in total. The molecule has 0 spiro atoms. The first-order valence-corrected chi connectivity index (χ1v) is 7.97. The van der Waals surface area contributed by atoms with Crippen LogP contribution in [-0.2, 0) is 0 Å². The molecule has 24 heavy (non-hydrogen) atoms. The van der Waals surface area contributed by atoms with Crippen LogP contribution in [0.3, 0.4) is 0 Å². The molecule has 2 aromatic carbocycles. The zero-order valence-corrected chi connectivity index (χ0v) is 14.2. The summed E-state index contributed by atoms with van der Waals surface area (Å²) in [5.74, 6) is 1.58. The highest BCUT2D eigenvalue weighted by atomic mass is 16.5. The fraction of sp³-hybridized carbons (Fsp3) is 0.250. The Kier molecular flexibility index (Phi) is 6.43. The lowest BCUT2D eigenvalue weighted by Crippen LogP contribution is -2.06. The SMILES string of the molecule is C=C(CC(=O)c1ccc(OC)cc1)Nc1ccc(OCCC)cc1. The molecule has 0 aromatic heterocycles. The van der Waals surface area contributed by atoms with Gasteiger partial charge in [-0.3, -0.25) is 4.79 Å². The standard InChI is InChI=1S/C20H23NO3/c1-4-13-24-19-11-7-17(8-12-19)21-15(2)14-20(22)16-5-9-18(23-3)10-6-16/h5-12,21H,2,4,13-14H2,1,3H3. The van der Waals surface area contributed by atoms with Crippen molar-refractivity contribution in [1.29, 1.82) is 0 Å². The Bertz CT molecular complexity index is 675. The summed E-state index contributed by atoms with van der Waals surface area (Å²) >= 11 is 0. The Morgan fingerprint density at radius 1 is 1.04 bits per heavy atom. The lowest BCUT2D eigenvalue weighted by atomic mass is 10.1. The highest BCUT2D eigenvalue weighted by Crippen LogP contribution is 2.19. The van der Waals surface area contributed by atoms with Gasteiger partial charge in [-0.25, -0.2) is 0 Å². The second-order valence-electron chi connectivity index (χ2n) is 5.43.